The maximum absolute atomic E-state index is 3.43. The van der Waals surface area contributed by atoms with Crippen LogP contribution in [0.2, 0.25) is 0 Å². The van der Waals surface area contributed by atoms with Gasteiger partial charge in [0.1, 0.15) is 0 Å². The normalized spacial score (nSPS) is 10.9. The van der Waals surface area contributed by atoms with Gasteiger partial charge in [0.2, 0.25) is 0 Å². The summed E-state index contributed by atoms with van der Waals surface area (Å²) in [4.78, 5) is 0. The third-order valence-electron chi connectivity index (χ3n) is 3.52. The van der Waals surface area contributed by atoms with Gasteiger partial charge in [-0.3, -0.25) is 0 Å². The zero-order valence-corrected chi connectivity index (χ0v) is 16.1. The average molecular weight is 416 g/mol. The van der Waals surface area contributed by atoms with Crippen LogP contribution in [0.15, 0.2) is 64.8 Å². The van der Waals surface area contributed by atoms with Crippen LogP contribution in [0.1, 0.15) is 44.6 Å². The second-order valence-corrected chi connectivity index (χ2v) is 8.13. The Bertz CT molecular complexity index is 645. The first-order valence-electron chi connectivity index (χ1n) is 8.36. The summed E-state index contributed by atoms with van der Waals surface area (Å²) in [7, 11) is 0. The third-order valence-corrected chi connectivity index (χ3v) is 6.08. The number of unbranched alkanes of at least 4 members (excludes halogenated alkanes) is 4. The Balaban J connectivity index is 2.05. The number of hydrogen-bond donors (Lipinski definition) is 0. The average Bonchev–Trinajstić information content (AvgIpc) is 2.62. The van der Waals surface area contributed by atoms with Crippen molar-refractivity contribution in [3.8, 4) is 11.8 Å². The van der Waals surface area contributed by atoms with E-state index >= 15 is 0 Å². The van der Waals surface area contributed by atoms with Crippen LogP contribution in [0.3, 0.4) is 0 Å². The Morgan fingerprint density at radius 2 is 1.61 bits per heavy atom. The summed E-state index contributed by atoms with van der Waals surface area (Å²) in [5.41, 5.74) is 2.45. The number of rotatable bonds is 7. The molecule has 0 aliphatic carbocycles. The standard InChI is InChI=1S/C22H24Te/c1-2-3-4-5-6-9-16-21(20-14-10-7-11-15-20)19-23-22-17-12-8-13-18-22/h7-8,10-15,17-19H,2-6H2,1H3/b21-19-. The zero-order valence-electron chi connectivity index (χ0n) is 13.8. The predicted octanol–water partition coefficient (Wildman–Crippen LogP) is 5.03. The first kappa shape index (κ1) is 17.9. The molecule has 118 valence electrons. The fraction of sp³-hybridized carbons (Fsp3) is 0.273. The van der Waals surface area contributed by atoms with Crippen molar-refractivity contribution in [2.24, 2.45) is 0 Å². The van der Waals surface area contributed by atoms with Crippen molar-refractivity contribution >= 4 is 30.1 Å². The molecule has 0 saturated carbocycles. The van der Waals surface area contributed by atoms with Crippen LogP contribution in [0.4, 0.5) is 0 Å². The van der Waals surface area contributed by atoms with E-state index in [1.54, 1.807) is 0 Å². The van der Waals surface area contributed by atoms with Gasteiger partial charge in [0, 0.05) is 0 Å². The molecule has 0 spiro atoms. The molecule has 23 heavy (non-hydrogen) atoms. The van der Waals surface area contributed by atoms with Crippen LogP contribution < -0.4 is 3.61 Å². The van der Waals surface area contributed by atoms with E-state index in [4.69, 9.17) is 0 Å². The minimum absolute atomic E-state index is 0.329. The molecule has 0 fully saturated rings. The molecular weight excluding hydrogens is 392 g/mol. The van der Waals surface area contributed by atoms with Crippen molar-refractivity contribution in [1.82, 2.24) is 0 Å². The third kappa shape index (κ3) is 7.09. The molecule has 0 unspecified atom stereocenters. The molecule has 0 aromatic heterocycles. The Hall–Kier alpha value is -1.47. The quantitative estimate of drug-likeness (QED) is 0.338. The van der Waals surface area contributed by atoms with Gasteiger partial charge in [-0.25, -0.2) is 0 Å². The molecule has 0 N–H and O–H groups in total. The van der Waals surface area contributed by atoms with E-state index in [1.165, 1.54) is 40.4 Å². The van der Waals surface area contributed by atoms with Gasteiger partial charge >= 0.3 is 151 Å². The Morgan fingerprint density at radius 3 is 2.30 bits per heavy atom. The maximum atomic E-state index is 3.43. The number of allylic oxidation sites excluding steroid dienone is 1. The first-order chi connectivity index (χ1) is 11.4. The summed E-state index contributed by atoms with van der Waals surface area (Å²) < 4.78 is 3.84. The molecule has 0 saturated heterocycles. The first-order valence-corrected chi connectivity index (χ1v) is 10.9. The molecule has 0 aliphatic rings. The van der Waals surface area contributed by atoms with Gasteiger partial charge in [0.05, 0.1) is 0 Å². The van der Waals surface area contributed by atoms with Crippen molar-refractivity contribution in [3.05, 3.63) is 70.4 Å². The van der Waals surface area contributed by atoms with Crippen LogP contribution in [0.25, 0.3) is 5.57 Å². The van der Waals surface area contributed by atoms with Crippen molar-refractivity contribution in [3.63, 3.8) is 0 Å². The summed E-state index contributed by atoms with van der Waals surface area (Å²) in [5.74, 6) is 6.81. The van der Waals surface area contributed by atoms with E-state index in [0.717, 1.165) is 6.42 Å². The van der Waals surface area contributed by atoms with Crippen molar-refractivity contribution in [2.45, 2.75) is 39.0 Å². The summed E-state index contributed by atoms with van der Waals surface area (Å²) >= 11 is -0.329. The molecule has 0 radical (unpaired) electrons. The second kappa shape index (κ2) is 11.1. The second-order valence-electron chi connectivity index (χ2n) is 5.44. The molecule has 0 atom stereocenters. The summed E-state index contributed by atoms with van der Waals surface area (Å²) in [5, 5.41) is 0. The topological polar surface area (TPSA) is 0 Å². The Kier molecular flexibility index (Phi) is 8.65. The van der Waals surface area contributed by atoms with Gasteiger partial charge in [-0.2, -0.15) is 0 Å². The van der Waals surface area contributed by atoms with Gasteiger partial charge in [-0.15, -0.1) is 0 Å². The SMILES string of the molecule is CCCCCCC#C/C(=C/[Te]c1ccccc1)c1ccccc1. The van der Waals surface area contributed by atoms with Crippen LogP contribution in [0.5, 0.6) is 0 Å². The molecule has 0 aliphatic heterocycles. The van der Waals surface area contributed by atoms with Gasteiger partial charge < -0.3 is 0 Å². The summed E-state index contributed by atoms with van der Waals surface area (Å²) in [6.45, 7) is 2.25. The van der Waals surface area contributed by atoms with E-state index < -0.39 is 0 Å². The molecule has 0 amide bonds. The minimum atomic E-state index is -0.329. The van der Waals surface area contributed by atoms with Gasteiger partial charge in [-0.05, 0) is 0 Å². The predicted molar refractivity (Wildman–Crippen MR) is 103 cm³/mol. The van der Waals surface area contributed by atoms with Crippen LogP contribution >= 0.6 is 0 Å². The van der Waals surface area contributed by atoms with Gasteiger partial charge in [0.25, 0.3) is 0 Å². The van der Waals surface area contributed by atoms with Gasteiger partial charge in [-0.1, -0.05) is 0 Å². The Morgan fingerprint density at radius 1 is 0.913 bits per heavy atom. The molecule has 2 aromatic carbocycles. The number of benzene rings is 2. The fourth-order valence-electron chi connectivity index (χ4n) is 2.21. The van der Waals surface area contributed by atoms with Crippen LogP contribution in [-0.4, -0.2) is 20.9 Å². The van der Waals surface area contributed by atoms with E-state index in [2.05, 4.69) is 83.6 Å². The van der Waals surface area contributed by atoms with Crippen molar-refractivity contribution in [1.29, 1.82) is 0 Å². The molecule has 2 aromatic rings. The fourth-order valence-corrected chi connectivity index (χ4v) is 4.39. The van der Waals surface area contributed by atoms with Crippen LogP contribution in [-0.2, 0) is 0 Å². The van der Waals surface area contributed by atoms with Crippen molar-refractivity contribution < 1.29 is 0 Å². The molecular formula is C22H24Te. The van der Waals surface area contributed by atoms with E-state index in [-0.39, 0.29) is 20.9 Å². The molecule has 0 heterocycles. The van der Waals surface area contributed by atoms with Crippen LogP contribution in [0, 0.1) is 11.8 Å². The Labute approximate surface area is 151 Å². The molecule has 0 bridgehead atoms. The number of hydrogen-bond acceptors (Lipinski definition) is 0. The monoisotopic (exact) mass is 418 g/mol. The van der Waals surface area contributed by atoms with Crippen molar-refractivity contribution in [2.75, 3.05) is 0 Å². The van der Waals surface area contributed by atoms with Gasteiger partial charge in [0.15, 0.2) is 0 Å². The summed E-state index contributed by atoms with van der Waals surface area (Å²) in [6.07, 6.45) is 6.14. The van der Waals surface area contributed by atoms with E-state index in [0.29, 0.717) is 0 Å². The molecule has 1 heteroatoms. The summed E-state index contributed by atoms with van der Waals surface area (Å²) in [6, 6.07) is 21.3. The molecule has 0 nitrogen and oxygen atoms in total. The van der Waals surface area contributed by atoms with E-state index in [1.807, 2.05) is 0 Å². The molecule has 2 rings (SSSR count). The van der Waals surface area contributed by atoms with E-state index in [9.17, 15) is 0 Å². The zero-order chi connectivity index (χ0) is 16.2.